The summed E-state index contributed by atoms with van der Waals surface area (Å²) in [4.78, 5) is 51.4. The van der Waals surface area contributed by atoms with E-state index in [1.54, 1.807) is 19.2 Å². The quantitative estimate of drug-likeness (QED) is 0.537. The van der Waals surface area contributed by atoms with Crippen molar-refractivity contribution in [3.63, 3.8) is 0 Å². The van der Waals surface area contributed by atoms with Crippen molar-refractivity contribution in [1.29, 1.82) is 5.26 Å². The Hall–Kier alpha value is -3.52. The number of hydrogen-bond donors (Lipinski definition) is 2. The van der Waals surface area contributed by atoms with Gasteiger partial charge in [-0.3, -0.25) is 29.9 Å². The number of nitrogens with zero attached hydrogens (tertiary/aromatic N) is 6. The smallest absolute Gasteiger partial charge is 0.349 e. The van der Waals surface area contributed by atoms with Crippen LogP contribution in [0.2, 0.25) is 0 Å². The molecule has 37 heavy (non-hydrogen) atoms. The van der Waals surface area contributed by atoms with Crippen molar-refractivity contribution in [3.05, 3.63) is 28.3 Å². The van der Waals surface area contributed by atoms with Crippen LogP contribution >= 0.6 is 0 Å². The number of rotatable bonds is 7. The lowest BCUT2D eigenvalue weighted by Gasteiger charge is -2.49. The van der Waals surface area contributed by atoms with Crippen LogP contribution in [0, 0.1) is 23.2 Å². The Morgan fingerprint density at radius 3 is 2.54 bits per heavy atom. The highest BCUT2D eigenvalue weighted by Gasteiger charge is 2.41. The maximum Gasteiger partial charge on any atom is 0.349 e. The molecular formula is C26H36N8O3. The topological polar surface area (TPSA) is 136 Å². The lowest BCUT2D eigenvalue weighted by atomic mass is 9.92. The van der Waals surface area contributed by atoms with Gasteiger partial charge < -0.3 is 4.90 Å². The molecule has 2 amide bonds. The number of nitrogens with one attached hydrogen (secondary N) is 2. The molecule has 2 aromatic heterocycles. The van der Waals surface area contributed by atoms with Crippen LogP contribution in [0.25, 0.3) is 11.0 Å². The molecule has 11 heteroatoms. The van der Waals surface area contributed by atoms with Crippen LogP contribution in [0.15, 0.2) is 16.9 Å². The molecule has 1 saturated carbocycles. The normalized spacial score (nSPS) is 21.8. The molecule has 2 aliphatic rings. The van der Waals surface area contributed by atoms with Crippen molar-refractivity contribution in [1.82, 2.24) is 30.3 Å². The summed E-state index contributed by atoms with van der Waals surface area (Å²) in [5.74, 6) is 0.190. The van der Waals surface area contributed by atoms with E-state index in [0.717, 1.165) is 25.7 Å². The number of hydrogen-bond acceptors (Lipinski definition) is 8. The lowest BCUT2D eigenvalue weighted by molar-refractivity contribution is -0.135. The first-order valence-electron chi connectivity index (χ1n) is 13.1. The second-order valence-electron chi connectivity index (χ2n) is 10.3. The van der Waals surface area contributed by atoms with E-state index in [4.69, 9.17) is 0 Å². The number of fused-ring (bicyclic) bond motifs is 1. The molecule has 2 N–H and O–H groups in total. The molecule has 1 aliphatic heterocycles. The molecule has 1 aliphatic carbocycles. The Morgan fingerprint density at radius 2 is 1.92 bits per heavy atom. The van der Waals surface area contributed by atoms with Crippen LogP contribution in [0.3, 0.4) is 0 Å². The third kappa shape index (κ3) is 5.30. The molecule has 0 spiro atoms. The number of amides is 2. The molecule has 2 unspecified atom stereocenters. The van der Waals surface area contributed by atoms with Gasteiger partial charge in [0, 0.05) is 38.1 Å². The zero-order chi connectivity index (χ0) is 26.9. The standard InChI is InChI=1S/C26H36N8O3/c1-6-15(3)22(25(36)31-30-24(35)17-8-9-17)34-13-16(4)33(14-19(34)7-2)23-21-20(32(5)26(37)29-23)11-10-18(12-27)28-21/h10-11,15-17,19,22H,6-9,13-14H2,1-5H3,(H,30,35)(H,31,36)/t15?,16-,19+,22?/m0/s1. The van der Waals surface area contributed by atoms with Gasteiger partial charge in [0.2, 0.25) is 5.91 Å². The first kappa shape index (κ1) is 26.5. The summed E-state index contributed by atoms with van der Waals surface area (Å²) in [6, 6.07) is 4.89. The summed E-state index contributed by atoms with van der Waals surface area (Å²) in [5, 5.41) is 9.40. The minimum atomic E-state index is -0.421. The minimum absolute atomic E-state index is 0.000131. The number of carbonyl (C=O) groups is 2. The number of aryl methyl sites for hydroxylation is 1. The second-order valence-corrected chi connectivity index (χ2v) is 10.3. The van der Waals surface area contributed by atoms with Crippen molar-refractivity contribution in [2.75, 3.05) is 18.0 Å². The third-order valence-electron chi connectivity index (χ3n) is 7.74. The van der Waals surface area contributed by atoms with E-state index in [9.17, 15) is 19.6 Å². The number of nitriles is 1. The number of hydrazine groups is 1. The van der Waals surface area contributed by atoms with Crippen molar-refractivity contribution in [2.24, 2.45) is 18.9 Å². The average Bonchev–Trinajstić information content (AvgIpc) is 3.75. The molecule has 11 nitrogen and oxygen atoms in total. The van der Waals surface area contributed by atoms with Crippen molar-refractivity contribution >= 4 is 28.7 Å². The van der Waals surface area contributed by atoms with E-state index in [1.807, 2.05) is 6.92 Å². The van der Waals surface area contributed by atoms with Crippen LogP contribution in [0.4, 0.5) is 5.82 Å². The monoisotopic (exact) mass is 508 g/mol. The lowest BCUT2D eigenvalue weighted by Crippen LogP contribution is -2.65. The van der Waals surface area contributed by atoms with Crippen molar-refractivity contribution in [2.45, 2.75) is 71.5 Å². The largest absolute Gasteiger partial charge is 0.349 e. The van der Waals surface area contributed by atoms with E-state index in [1.165, 1.54) is 4.57 Å². The Bertz CT molecular complexity index is 1280. The van der Waals surface area contributed by atoms with Gasteiger partial charge in [-0.15, -0.1) is 0 Å². The summed E-state index contributed by atoms with van der Waals surface area (Å²) < 4.78 is 1.43. The molecular weight excluding hydrogens is 472 g/mol. The van der Waals surface area contributed by atoms with Gasteiger partial charge in [-0.1, -0.05) is 27.2 Å². The summed E-state index contributed by atoms with van der Waals surface area (Å²) in [6.07, 6.45) is 3.31. The molecule has 2 aromatic rings. The highest BCUT2D eigenvalue weighted by Crippen LogP contribution is 2.31. The second kappa shape index (κ2) is 10.8. The van der Waals surface area contributed by atoms with Gasteiger partial charge >= 0.3 is 5.69 Å². The molecule has 0 aromatic carbocycles. The van der Waals surface area contributed by atoms with Gasteiger partial charge in [0.05, 0.1) is 11.6 Å². The molecule has 4 atom stereocenters. The van der Waals surface area contributed by atoms with Gasteiger partial charge in [0.15, 0.2) is 5.82 Å². The molecule has 2 fully saturated rings. The van der Waals surface area contributed by atoms with E-state index in [0.29, 0.717) is 29.9 Å². The Labute approximate surface area is 216 Å². The summed E-state index contributed by atoms with van der Waals surface area (Å²) >= 11 is 0. The van der Waals surface area contributed by atoms with Gasteiger partial charge in [-0.05, 0) is 44.2 Å². The van der Waals surface area contributed by atoms with Gasteiger partial charge in [0.1, 0.15) is 17.3 Å². The van der Waals surface area contributed by atoms with Gasteiger partial charge in [0.25, 0.3) is 5.91 Å². The van der Waals surface area contributed by atoms with Gasteiger partial charge in [-0.2, -0.15) is 10.2 Å². The predicted molar refractivity (Wildman–Crippen MR) is 139 cm³/mol. The number of carbonyl (C=O) groups excluding carboxylic acids is 2. The average molecular weight is 509 g/mol. The van der Waals surface area contributed by atoms with Crippen molar-refractivity contribution < 1.29 is 9.59 Å². The maximum atomic E-state index is 13.4. The summed E-state index contributed by atoms with van der Waals surface area (Å²) in [6.45, 7) is 9.34. The summed E-state index contributed by atoms with van der Waals surface area (Å²) in [7, 11) is 1.64. The molecule has 198 valence electrons. The van der Waals surface area contributed by atoms with Crippen molar-refractivity contribution in [3.8, 4) is 6.07 Å². The molecule has 0 bridgehead atoms. The van der Waals surface area contributed by atoms with E-state index in [-0.39, 0.29) is 47.1 Å². The fourth-order valence-corrected chi connectivity index (χ4v) is 5.14. The number of piperazine rings is 1. The first-order chi connectivity index (χ1) is 17.7. The maximum absolute atomic E-state index is 13.4. The highest BCUT2D eigenvalue weighted by molar-refractivity contribution is 5.88. The highest BCUT2D eigenvalue weighted by atomic mass is 16.2. The van der Waals surface area contributed by atoms with E-state index < -0.39 is 6.04 Å². The Kier molecular flexibility index (Phi) is 7.78. The third-order valence-corrected chi connectivity index (χ3v) is 7.74. The van der Waals surface area contributed by atoms with Crippen LogP contribution in [-0.2, 0) is 16.6 Å². The van der Waals surface area contributed by atoms with Crippen LogP contribution in [-0.4, -0.2) is 62.5 Å². The van der Waals surface area contributed by atoms with Crippen LogP contribution in [0.5, 0.6) is 0 Å². The number of aromatic nitrogens is 3. The number of anilines is 1. The van der Waals surface area contributed by atoms with Crippen LogP contribution < -0.4 is 21.4 Å². The fraction of sp³-hybridized carbons (Fsp3) is 0.615. The molecule has 0 radical (unpaired) electrons. The van der Waals surface area contributed by atoms with Gasteiger partial charge in [-0.25, -0.2) is 9.78 Å². The zero-order valence-electron chi connectivity index (χ0n) is 22.2. The SMILES string of the molecule is CCC(C)C(C(=O)NNC(=O)C1CC1)N1C[C@H](C)N(c2nc(=O)n(C)c3ccc(C#N)nc23)C[C@H]1CC. The van der Waals surface area contributed by atoms with E-state index >= 15 is 0 Å². The molecule has 1 saturated heterocycles. The predicted octanol–water partition coefficient (Wildman–Crippen LogP) is 1.46. The van der Waals surface area contributed by atoms with E-state index in [2.05, 4.69) is 57.5 Å². The van der Waals surface area contributed by atoms with Crippen LogP contribution in [0.1, 0.15) is 59.1 Å². The Balaban J connectivity index is 1.64. The molecule has 4 rings (SSSR count). The Morgan fingerprint density at radius 1 is 1.19 bits per heavy atom. The fourth-order valence-electron chi connectivity index (χ4n) is 5.14. The summed E-state index contributed by atoms with van der Waals surface area (Å²) in [5.41, 5.74) is 6.28. The molecule has 3 heterocycles. The minimum Gasteiger partial charge on any atom is -0.349 e. The zero-order valence-corrected chi connectivity index (χ0v) is 22.2. The first-order valence-corrected chi connectivity index (χ1v) is 13.1. The number of pyridine rings is 1.